The van der Waals surface area contributed by atoms with Gasteiger partial charge in [-0.05, 0) is 27.7 Å². The number of aromatic nitrogens is 2. The van der Waals surface area contributed by atoms with Crippen LogP contribution in [0.1, 0.15) is 52.2 Å². The minimum Gasteiger partial charge on any atom is -0.458 e. The van der Waals surface area contributed by atoms with Gasteiger partial charge in [0, 0.05) is 13.5 Å². The topological polar surface area (TPSA) is 73.7 Å². The fourth-order valence-corrected chi connectivity index (χ4v) is 2.49. The monoisotopic (exact) mass is 309 g/mol. The van der Waals surface area contributed by atoms with Gasteiger partial charge in [0.1, 0.15) is 18.0 Å². The van der Waals surface area contributed by atoms with Crippen LogP contribution in [0.5, 0.6) is 0 Å². The van der Waals surface area contributed by atoms with Crippen LogP contribution in [0.25, 0.3) is 0 Å². The van der Waals surface area contributed by atoms with E-state index in [0.29, 0.717) is 18.9 Å². The second-order valence-electron chi connectivity index (χ2n) is 6.53. The van der Waals surface area contributed by atoms with Gasteiger partial charge in [-0.15, -0.1) is 0 Å². The summed E-state index contributed by atoms with van der Waals surface area (Å²) in [7, 11) is 0. The van der Waals surface area contributed by atoms with Crippen molar-refractivity contribution in [3.63, 3.8) is 0 Å². The van der Waals surface area contributed by atoms with E-state index in [9.17, 15) is 9.59 Å². The Morgan fingerprint density at radius 2 is 2.09 bits per heavy atom. The standard InChI is InChI=1S/C15H23N3O4/c1-10-7-17(14(20)22-15(3,4)5)8-12-6-16-13(18(10)12)9-21-11(2)19/h6,10H,7-9H2,1-5H3/t10-/m0/s1. The van der Waals surface area contributed by atoms with Crippen molar-refractivity contribution >= 4 is 12.1 Å². The lowest BCUT2D eigenvalue weighted by atomic mass is 10.2. The third kappa shape index (κ3) is 3.78. The molecule has 0 unspecified atom stereocenters. The van der Waals surface area contributed by atoms with E-state index < -0.39 is 5.60 Å². The smallest absolute Gasteiger partial charge is 0.410 e. The molecule has 0 N–H and O–H groups in total. The third-order valence-corrected chi connectivity index (χ3v) is 3.28. The molecule has 1 aromatic rings. The van der Waals surface area contributed by atoms with E-state index >= 15 is 0 Å². The Balaban J connectivity index is 2.11. The predicted molar refractivity (Wildman–Crippen MR) is 79.1 cm³/mol. The van der Waals surface area contributed by atoms with Gasteiger partial charge < -0.3 is 18.9 Å². The zero-order chi connectivity index (χ0) is 16.5. The van der Waals surface area contributed by atoms with Crippen molar-refractivity contribution in [2.24, 2.45) is 0 Å². The molecule has 1 aliphatic heterocycles. The molecule has 0 aliphatic carbocycles. The van der Waals surface area contributed by atoms with Crippen molar-refractivity contribution in [1.82, 2.24) is 14.5 Å². The second-order valence-corrected chi connectivity index (χ2v) is 6.53. The summed E-state index contributed by atoms with van der Waals surface area (Å²) in [5, 5.41) is 0. The molecular weight excluding hydrogens is 286 g/mol. The first kappa shape index (κ1) is 16.3. The summed E-state index contributed by atoms with van der Waals surface area (Å²) < 4.78 is 12.4. The molecule has 1 aliphatic rings. The molecule has 2 rings (SSSR count). The van der Waals surface area contributed by atoms with Gasteiger partial charge in [-0.25, -0.2) is 9.78 Å². The van der Waals surface area contributed by atoms with E-state index in [4.69, 9.17) is 9.47 Å². The van der Waals surface area contributed by atoms with Crippen molar-refractivity contribution in [2.45, 2.75) is 59.4 Å². The molecule has 122 valence electrons. The molecule has 0 spiro atoms. The molecule has 1 amide bonds. The zero-order valence-electron chi connectivity index (χ0n) is 13.8. The lowest BCUT2D eigenvalue weighted by molar-refractivity contribution is -0.142. The van der Waals surface area contributed by atoms with Crippen LogP contribution in [0.4, 0.5) is 4.79 Å². The Hall–Kier alpha value is -2.05. The van der Waals surface area contributed by atoms with Crippen LogP contribution in [-0.2, 0) is 27.4 Å². The highest BCUT2D eigenvalue weighted by Gasteiger charge is 2.30. The molecule has 0 saturated carbocycles. The molecule has 0 radical (unpaired) electrons. The van der Waals surface area contributed by atoms with Crippen LogP contribution in [0.3, 0.4) is 0 Å². The van der Waals surface area contributed by atoms with Crippen molar-refractivity contribution in [3.05, 3.63) is 17.7 Å². The van der Waals surface area contributed by atoms with Gasteiger partial charge in [0.2, 0.25) is 0 Å². The van der Waals surface area contributed by atoms with E-state index in [2.05, 4.69) is 4.98 Å². The maximum absolute atomic E-state index is 12.2. The van der Waals surface area contributed by atoms with E-state index in [0.717, 1.165) is 5.69 Å². The summed E-state index contributed by atoms with van der Waals surface area (Å²) in [6.07, 6.45) is 1.39. The summed E-state index contributed by atoms with van der Waals surface area (Å²) >= 11 is 0. The maximum atomic E-state index is 12.2. The highest BCUT2D eigenvalue weighted by molar-refractivity contribution is 5.68. The molecule has 0 saturated heterocycles. The van der Waals surface area contributed by atoms with Gasteiger partial charge in [-0.2, -0.15) is 0 Å². The number of hydrogen-bond donors (Lipinski definition) is 0. The minimum absolute atomic E-state index is 0.0457. The largest absolute Gasteiger partial charge is 0.458 e. The molecule has 22 heavy (non-hydrogen) atoms. The number of ether oxygens (including phenoxy) is 2. The molecule has 0 fully saturated rings. The summed E-state index contributed by atoms with van der Waals surface area (Å²) in [6.45, 7) is 10.0. The van der Waals surface area contributed by atoms with Crippen molar-refractivity contribution in [1.29, 1.82) is 0 Å². The van der Waals surface area contributed by atoms with Crippen molar-refractivity contribution in [3.8, 4) is 0 Å². The number of nitrogens with zero attached hydrogens (tertiary/aromatic N) is 3. The number of carbonyl (C=O) groups excluding carboxylic acids is 2. The lowest BCUT2D eigenvalue weighted by Gasteiger charge is -2.34. The Morgan fingerprint density at radius 3 is 2.68 bits per heavy atom. The second kappa shape index (κ2) is 5.98. The molecule has 2 heterocycles. The number of imidazole rings is 1. The van der Waals surface area contributed by atoms with Gasteiger partial charge >= 0.3 is 12.1 Å². The Labute approximate surface area is 130 Å². The normalized spacial score (nSPS) is 17.9. The summed E-state index contributed by atoms with van der Waals surface area (Å²) in [5.74, 6) is 0.359. The number of amides is 1. The van der Waals surface area contributed by atoms with Gasteiger partial charge in [0.15, 0.2) is 0 Å². The molecule has 7 heteroatoms. The van der Waals surface area contributed by atoms with Crippen LogP contribution in [-0.4, -0.2) is 38.7 Å². The van der Waals surface area contributed by atoms with Crippen LogP contribution in [0.15, 0.2) is 6.20 Å². The molecule has 1 atom stereocenters. The van der Waals surface area contributed by atoms with E-state index in [1.165, 1.54) is 6.92 Å². The Morgan fingerprint density at radius 1 is 1.41 bits per heavy atom. The number of esters is 1. The van der Waals surface area contributed by atoms with Crippen LogP contribution in [0.2, 0.25) is 0 Å². The Bertz CT molecular complexity index is 574. The van der Waals surface area contributed by atoms with Crippen LogP contribution in [0, 0.1) is 0 Å². The summed E-state index contributed by atoms with van der Waals surface area (Å²) in [5.41, 5.74) is 0.394. The molecule has 7 nitrogen and oxygen atoms in total. The zero-order valence-corrected chi connectivity index (χ0v) is 13.8. The average molecular weight is 309 g/mol. The molecule has 1 aromatic heterocycles. The maximum Gasteiger partial charge on any atom is 0.410 e. The summed E-state index contributed by atoms with van der Waals surface area (Å²) in [6, 6.07) is 0.0457. The first-order valence-corrected chi connectivity index (χ1v) is 7.33. The average Bonchev–Trinajstić information content (AvgIpc) is 2.77. The highest BCUT2D eigenvalue weighted by Crippen LogP contribution is 2.25. The van der Waals surface area contributed by atoms with Gasteiger partial charge in [-0.1, -0.05) is 0 Å². The van der Waals surface area contributed by atoms with Crippen molar-refractivity contribution in [2.75, 3.05) is 6.54 Å². The first-order chi connectivity index (χ1) is 10.2. The fraction of sp³-hybridized carbons (Fsp3) is 0.667. The van der Waals surface area contributed by atoms with Crippen molar-refractivity contribution < 1.29 is 19.1 Å². The van der Waals surface area contributed by atoms with Crippen LogP contribution < -0.4 is 0 Å². The SMILES string of the molecule is CC(=O)OCc1ncc2n1[C@@H](C)CN(C(=O)OC(C)(C)C)C2. The molecule has 0 aromatic carbocycles. The number of carbonyl (C=O) groups is 2. The Kier molecular flexibility index (Phi) is 4.44. The van der Waals surface area contributed by atoms with Gasteiger partial charge in [0.05, 0.1) is 24.5 Å². The number of fused-ring (bicyclic) bond motifs is 1. The highest BCUT2D eigenvalue weighted by atomic mass is 16.6. The third-order valence-electron chi connectivity index (χ3n) is 3.28. The van der Waals surface area contributed by atoms with Crippen LogP contribution >= 0.6 is 0 Å². The number of rotatable bonds is 2. The minimum atomic E-state index is -0.515. The van der Waals surface area contributed by atoms with E-state index in [1.807, 2.05) is 32.3 Å². The molecular formula is C15H23N3O4. The van der Waals surface area contributed by atoms with E-state index in [-0.39, 0.29) is 24.7 Å². The van der Waals surface area contributed by atoms with E-state index in [1.54, 1.807) is 11.1 Å². The quantitative estimate of drug-likeness (QED) is 0.783. The molecule has 0 bridgehead atoms. The number of hydrogen-bond acceptors (Lipinski definition) is 5. The summed E-state index contributed by atoms with van der Waals surface area (Å²) in [4.78, 5) is 29.1. The fourth-order valence-electron chi connectivity index (χ4n) is 2.49. The predicted octanol–water partition coefficient (Wildman–Crippen LogP) is 2.26. The van der Waals surface area contributed by atoms with Gasteiger partial charge in [-0.3, -0.25) is 4.79 Å². The first-order valence-electron chi connectivity index (χ1n) is 7.33. The van der Waals surface area contributed by atoms with Gasteiger partial charge in [0.25, 0.3) is 0 Å². The lowest BCUT2D eigenvalue weighted by Crippen LogP contribution is -2.43.